The Bertz CT molecular complexity index is 707. The molecule has 0 bridgehead atoms. The molecular formula is C18H17N3O2S. The summed E-state index contributed by atoms with van der Waals surface area (Å²) in [5.41, 5.74) is 1.83. The molecule has 0 saturated heterocycles. The van der Waals surface area contributed by atoms with E-state index in [4.69, 9.17) is 4.74 Å². The average Bonchev–Trinajstić information content (AvgIpc) is 3.16. The number of carbonyl (C=O) groups is 1. The minimum absolute atomic E-state index is 0.184. The molecule has 0 aliphatic heterocycles. The molecular weight excluding hydrogens is 322 g/mol. The summed E-state index contributed by atoms with van der Waals surface area (Å²) in [6.45, 7) is 1.34. The Labute approximate surface area is 144 Å². The molecule has 5 nitrogen and oxygen atoms in total. The molecule has 3 heterocycles. The van der Waals surface area contributed by atoms with Gasteiger partial charge in [0.2, 0.25) is 0 Å². The monoisotopic (exact) mass is 339 g/mol. The lowest BCUT2D eigenvalue weighted by Crippen LogP contribution is -2.28. The number of carbonyl (C=O) groups excluding carboxylic acids is 1. The Balaban J connectivity index is 1.65. The molecule has 0 amide bonds. The quantitative estimate of drug-likeness (QED) is 0.488. The molecule has 24 heavy (non-hydrogen) atoms. The topological polar surface area (TPSA) is 55.3 Å². The van der Waals surface area contributed by atoms with Crippen molar-refractivity contribution in [2.75, 3.05) is 6.73 Å². The van der Waals surface area contributed by atoms with Crippen LogP contribution in [0, 0.1) is 0 Å². The van der Waals surface area contributed by atoms with Gasteiger partial charge in [-0.3, -0.25) is 14.9 Å². The number of pyridine rings is 2. The summed E-state index contributed by atoms with van der Waals surface area (Å²) in [6, 6.07) is 15.1. The van der Waals surface area contributed by atoms with Crippen LogP contribution in [0.2, 0.25) is 0 Å². The van der Waals surface area contributed by atoms with Crippen LogP contribution in [-0.2, 0) is 17.8 Å². The lowest BCUT2D eigenvalue weighted by atomic mass is 10.3. The zero-order valence-corrected chi connectivity index (χ0v) is 13.9. The van der Waals surface area contributed by atoms with Gasteiger partial charge in [-0.15, -0.1) is 11.3 Å². The second-order valence-electron chi connectivity index (χ2n) is 5.17. The highest BCUT2D eigenvalue weighted by atomic mass is 32.1. The number of esters is 1. The van der Waals surface area contributed by atoms with Crippen LogP contribution >= 0.6 is 11.3 Å². The van der Waals surface area contributed by atoms with E-state index in [9.17, 15) is 4.79 Å². The second-order valence-corrected chi connectivity index (χ2v) is 6.12. The van der Waals surface area contributed by atoms with E-state index in [0.29, 0.717) is 18.0 Å². The van der Waals surface area contributed by atoms with Crippen molar-refractivity contribution >= 4 is 17.3 Å². The number of nitrogens with zero attached hydrogens (tertiary/aromatic N) is 3. The number of aromatic nitrogens is 2. The van der Waals surface area contributed by atoms with Gasteiger partial charge in [0.25, 0.3) is 0 Å². The maximum absolute atomic E-state index is 12.0. The van der Waals surface area contributed by atoms with E-state index in [-0.39, 0.29) is 12.7 Å². The number of hydrogen-bond donors (Lipinski definition) is 0. The number of rotatable bonds is 7. The van der Waals surface area contributed by atoms with Gasteiger partial charge in [-0.2, -0.15) is 0 Å². The molecule has 0 atom stereocenters. The molecule has 3 rings (SSSR count). The highest BCUT2D eigenvalue weighted by molar-refractivity contribution is 7.11. The van der Waals surface area contributed by atoms with Gasteiger partial charge in [-0.1, -0.05) is 18.2 Å². The number of thiophene rings is 1. The summed E-state index contributed by atoms with van der Waals surface area (Å²) in [6.07, 6.45) is 3.51. The van der Waals surface area contributed by atoms with E-state index in [1.54, 1.807) is 18.5 Å². The minimum atomic E-state index is -0.308. The van der Waals surface area contributed by atoms with Gasteiger partial charge >= 0.3 is 5.97 Å². The third kappa shape index (κ3) is 4.71. The molecule has 0 aliphatic rings. The van der Waals surface area contributed by atoms with Crippen LogP contribution in [0.25, 0.3) is 0 Å². The summed E-state index contributed by atoms with van der Waals surface area (Å²) in [5, 5.41) is 1.86. The SMILES string of the molecule is O=C(OCN(Cc1ccccn1)Cc1ccccn1)c1cccs1. The Hall–Kier alpha value is -2.57. The van der Waals surface area contributed by atoms with Crippen LogP contribution in [0.15, 0.2) is 66.3 Å². The normalized spacial score (nSPS) is 10.7. The third-order valence-electron chi connectivity index (χ3n) is 3.32. The molecule has 0 fully saturated rings. The number of ether oxygens (including phenoxy) is 1. The molecule has 0 spiro atoms. The van der Waals surface area contributed by atoms with Gasteiger partial charge in [-0.05, 0) is 35.7 Å². The Morgan fingerprint density at radius 2 is 1.62 bits per heavy atom. The molecule has 0 aliphatic carbocycles. The second kappa shape index (κ2) is 8.33. The van der Waals surface area contributed by atoms with E-state index in [0.717, 1.165) is 11.4 Å². The van der Waals surface area contributed by atoms with Gasteiger partial charge in [0.05, 0.1) is 11.4 Å². The summed E-state index contributed by atoms with van der Waals surface area (Å²) in [7, 11) is 0. The fraction of sp³-hybridized carbons (Fsp3) is 0.167. The first-order chi connectivity index (χ1) is 11.8. The van der Waals surface area contributed by atoms with Crippen molar-refractivity contribution in [1.82, 2.24) is 14.9 Å². The predicted molar refractivity (Wildman–Crippen MR) is 92.3 cm³/mol. The van der Waals surface area contributed by atoms with Gasteiger partial charge in [0, 0.05) is 25.5 Å². The molecule has 0 N–H and O–H groups in total. The van der Waals surface area contributed by atoms with Gasteiger partial charge in [-0.25, -0.2) is 4.79 Å². The Kier molecular flexibility index (Phi) is 5.65. The molecule has 6 heteroatoms. The maximum Gasteiger partial charge on any atom is 0.349 e. The fourth-order valence-corrected chi connectivity index (χ4v) is 2.82. The van der Waals surface area contributed by atoms with Gasteiger partial charge in [0.1, 0.15) is 11.6 Å². The van der Waals surface area contributed by atoms with Crippen LogP contribution in [-0.4, -0.2) is 27.6 Å². The molecule has 0 saturated carbocycles. The van der Waals surface area contributed by atoms with Crippen molar-refractivity contribution in [3.05, 3.63) is 82.6 Å². The summed E-state index contributed by atoms with van der Waals surface area (Å²) < 4.78 is 5.43. The van der Waals surface area contributed by atoms with Crippen molar-refractivity contribution in [3.63, 3.8) is 0 Å². The molecule has 0 unspecified atom stereocenters. The molecule has 0 aromatic carbocycles. The van der Waals surface area contributed by atoms with Crippen LogP contribution < -0.4 is 0 Å². The average molecular weight is 339 g/mol. The lowest BCUT2D eigenvalue weighted by molar-refractivity contribution is 0.0170. The Morgan fingerprint density at radius 1 is 0.958 bits per heavy atom. The molecule has 3 aromatic heterocycles. The lowest BCUT2D eigenvalue weighted by Gasteiger charge is -2.21. The van der Waals surface area contributed by atoms with E-state index < -0.39 is 0 Å². The van der Waals surface area contributed by atoms with E-state index in [1.807, 2.05) is 52.7 Å². The molecule has 122 valence electrons. The smallest absolute Gasteiger partial charge is 0.349 e. The van der Waals surface area contributed by atoms with Crippen LogP contribution in [0.3, 0.4) is 0 Å². The van der Waals surface area contributed by atoms with Crippen molar-refractivity contribution in [3.8, 4) is 0 Å². The van der Waals surface area contributed by atoms with E-state index in [1.165, 1.54) is 11.3 Å². The first-order valence-electron chi connectivity index (χ1n) is 7.54. The molecule has 0 radical (unpaired) electrons. The largest absolute Gasteiger partial charge is 0.445 e. The summed E-state index contributed by atoms with van der Waals surface area (Å²) in [5.74, 6) is -0.308. The maximum atomic E-state index is 12.0. The standard InChI is InChI=1S/C18H17N3O2S/c22-18(17-8-5-11-24-17)23-14-21(12-15-6-1-3-9-19-15)13-16-7-2-4-10-20-16/h1-11H,12-14H2. The van der Waals surface area contributed by atoms with E-state index >= 15 is 0 Å². The van der Waals surface area contributed by atoms with Crippen molar-refractivity contribution in [1.29, 1.82) is 0 Å². The fourth-order valence-electron chi connectivity index (χ4n) is 2.20. The van der Waals surface area contributed by atoms with Crippen molar-refractivity contribution in [2.24, 2.45) is 0 Å². The van der Waals surface area contributed by atoms with Crippen LogP contribution in [0.1, 0.15) is 21.1 Å². The first-order valence-corrected chi connectivity index (χ1v) is 8.42. The zero-order valence-electron chi connectivity index (χ0n) is 13.0. The van der Waals surface area contributed by atoms with Gasteiger partial charge in [0.15, 0.2) is 0 Å². The third-order valence-corrected chi connectivity index (χ3v) is 4.17. The molecule has 3 aromatic rings. The first kappa shape index (κ1) is 16.3. The summed E-state index contributed by atoms with van der Waals surface area (Å²) >= 11 is 1.37. The predicted octanol–water partition coefficient (Wildman–Crippen LogP) is 3.35. The van der Waals surface area contributed by atoms with Gasteiger partial charge < -0.3 is 4.74 Å². The van der Waals surface area contributed by atoms with Crippen molar-refractivity contribution < 1.29 is 9.53 Å². The highest BCUT2D eigenvalue weighted by Crippen LogP contribution is 2.12. The Morgan fingerprint density at radius 3 is 2.12 bits per heavy atom. The minimum Gasteiger partial charge on any atom is -0.445 e. The van der Waals surface area contributed by atoms with Crippen LogP contribution in [0.5, 0.6) is 0 Å². The zero-order chi connectivity index (χ0) is 16.6. The number of hydrogen-bond acceptors (Lipinski definition) is 6. The van der Waals surface area contributed by atoms with Crippen molar-refractivity contribution in [2.45, 2.75) is 13.1 Å². The highest BCUT2D eigenvalue weighted by Gasteiger charge is 2.13. The summed E-state index contributed by atoms with van der Waals surface area (Å²) in [4.78, 5) is 23.3. The van der Waals surface area contributed by atoms with Crippen LogP contribution in [0.4, 0.5) is 0 Å². The van der Waals surface area contributed by atoms with E-state index in [2.05, 4.69) is 9.97 Å².